The van der Waals surface area contributed by atoms with Crippen molar-refractivity contribution in [3.05, 3.63) is 46.4 Å². The average Bonchev–Trinajstić information content (AvgIpc) is 2.85. The second kappa shape index (κ2) is 4.96. The highest BCUT2D eigenvalue weighted by atomic mass is 16.3. The predicted molar refractivity (Wildman–Crippen MR) is 93.7 cm³/mol. The lowest BCUT2D eigenvalue weighted by molar-refractivity contribution is -0.128. The van der Waals surface area contributed by atoms with Crippen LogP contribution in [0.25, 0.3) is 0 Å². The van der Waals surface area contributed by atoms with Gasteiger partial charge in [0, 0.05) is 17.6 Å². The first-order valence-corrected chi connectivity index (χ1v) is 8.94. The highest BCUT2D eigenvalue weighted by Crippen LogP contribution is 2.58. The van der Waals surface area contributed by atoms with Gasteiger partial charge in [-0.3, -0.25) is 14.5 Å². The molecule has 0 spiro atoms. The van der Waals surface area contributed by atoms with Crippen molar-refractivity contribution >= 4 is 11.7 Å². The molecule has 6 heteroatoms. The van der Waals surface area contributed by atoms with Crippen LogP contribution in [0.1, 0.15) is 34.1 Å². The molecule has 138 valence electrons. The number of carbonyl (C=O) groups excluding carboxylic acids is 2. The second-order valence-corrected chi connectivity index (χ2v) is 7.86. The van der Waals surface area contributed by atoms with Gasteiger partial charge < -0.3 is 15.3 Å². The third kappa shape index (κ3) is 1.65. The Labute approximate surface area is 151 Å². The molecule has 0 aromatic carbocycles. The van der Waals surface area contributed by atoms with Gasteiger partial charge in [0.15, 0.2) is 5.78 Å². The quantitative estimate of drug-likeness (QED) is 0.618. The molecule has 4 rings (SSSR count). The van der Waals surface area contributed by atoms with Crippen LogP contribution in [0.4, 0.5) is 0 Å². The summed E-state index contributed by atoms with van der Waals surface area (Å²) in [5.74, 6) is -1.69. The third-order valence-electron chi connectivity index (χ3n) is 6.62. The third-order valence-corrected chi connectivity index (χ3v) is 6.62. The standard InChI is InChI=1S/C20H23NO5/c1-5-19-8-9(2)15-10(3)16(23)13-6-12(22)7-14(20(13,15)26)21(19)18(25)11(4)17(19)24/h6-8,10,15-16,23-24,26H,5H2,1-4H3/t10-,15-,16+,19+,20+/m1/s1. The highest BCUT2D eigenvalue weighted by Gasteiger charge is 2.65. The van der Waals surface area contributed by atoms with Gasteiger partial charge in [-0.15, -0.1) is 0 Å². The lowest BCUT2D eigenvalue weighted by atomic mass is 9.76. The second-order valence-electron chi connectivity index (χ2n) is 7.86. The molecule has 6 nitrogen and oxygen atoms in total. The number of carbonyl (C=O) groups is 2. The van der Waals surface area contributed by atoms with E-state index in [4.69, 9.17) is 0 Å². The normalized spacial score (nSPS) is 41.5. The summed E-state index contributed by atoms with van der Waals surface area (Å²) in [6.07, 6.45) is 3.77. The Morgan fingerprint density at radius 3 is 2.50 bits per heavy atom. The Morgan fingerprint density at radius 2 is 1.88 bits per heavy atom. The Balaban J connectivity index is 2.09. The number of amides is 1. The topological polar surface area (TPSA) is 98.1 Å². The van der Waals surface area contributed by atoms with Crippen molar-refractivity contribution in [2.24, 2.45) is 11.8 Å². The number of allylic oxidation sites excluding steroid dienone is 2. The zero-order valence-electron chi connectivity index (χ0n) is 15.3. The predicted octanol–water partition coefficient (Wildman–Crippen LogP) is 1.52. The number of nitrogens with zero attached hydrogens (tertiary/aromatic N) is 1. The number of hydrogen-bond acceptors (Lipinski definition) is 5. The number of aliphatic hydroxyl groups excluding tert-OH is 2. The molecule has 0 unspecified atom stereocenters. The van der Waals surface area contributed by atoms with E-state index in [9.17, 15) is 24.9 Å². The van der Waals surface area contributed by atoms with Crippen molar-refractivity contribution < 1.29 is 24.9 Å². The Hall–Kier alpha value is -2.18. The van der Waals surface area contributed by atoms with E-state index in [2.05, 4.69) is 0 Å². The van der Waals surface area contributed by atoms with Gasteiger partial charge in [0.05, 0.1) is 17.4 Å². The Kier molecular flexibility index (Phi) is 3.29. The lowest BCUT2D eigenvalue weighted by Gasteiger charge is -2.42. The van der Waals surface area contributed by atoms with Gasteiger partial charge in [0.25, 0.3) is 5.91 Å². The first kappa shape index (κ1) is 17.2. The van der Waals surface area contributed by atoms with Crippen LogP contribution in [0.3, 0.4) is 0 Å². The molecule has 2 heterocycles. The molecule has 1 saturated carbocycles. The summed E-state index contributed by atoms with van der Waals surface area (Å²) < 4.78 is 0. The van der Waals surface area contributed by atoms with E-state index in [1.807, 2.05) is 26.8 Å². The SMILES string of the molecule is CC[C@@]12C=C(C)[C@@H]3[C@@H](C)[C@H](O)C4=CC(=O)C=C(N1C(=O)C(C)=C2O)[C@@]43O. The smallest absolute Gasteiger partial charge is 0.258 e. The van der Waals surface area contributed by atoms with Crippen LogP contribution in [0.2, 0.25) is 0 Å². The van der Waals surface area contributed by atoms with E-state index in [1.165, 1.54) is 17.1 Å². The molecule has 2 aliphatic carbocycles. The van der Waals surface area contributed by atoms with Gasteiger partial charge in [-0.2, -0.15) is 0 Å². The summed E-state index contributed by atoms with van der Waals surface area (Å²) in [6.45, 7) is 7.06. The number of aliphatic hydroxyl groups is 3. The lowest BCUT2D eigenvalue weighted by Crippen LogP contribution is -2.53. The Bertz CT molecular complexity index is 879. The number of ketones is 1. The Morgan fingerprint density at radius 1 is 1.23 bits per heavy atom. The van der Waals surface area contributed by atoms with E-state index in [0.717, 1.165) is 5.57 Å². The summed E-state index contributed by atoms with van der Waals surface area (Å²) in [4.78, 5) is 26.7. The van der Waals surface area contributed by atoms with Crippen LogP contribution >= 0.6 is 0 Å². The minimum absolute atomic E-state index is 0.0504. The maximum absolute atomic E-state index is 13.0. The minimum Gasteiger partial charge on any atom is -0.509 e. The molecule has 1 amide bonds. The van der Waals surface area contributed by atoms with Crippen molar-refractivity contribution in [2.75, 3.05) is 0 Å². The molecule has 4 aliphatic rings. The first-order chi connectivity index (χ1) is 12.1. The average molecular weight is 357 g/mol. The fraction of sp³-hybridized carbons (Fsp3) is 0.500. The van der Waals surface area contributed by atoms with E-state index in [0.29, 0.717) is 6.42 Å². The maximum atomic E-state index is 13.0. The highest BCUT2D eigenvalue weighted by molar-refractivity contribution is 6.05. The van der Waals surface area contributed by atoms with Crippen LogP contribution in [0.5, 0.6) is 0 Å². The molecular weight excluding hydrogens is 334 g/mol. The van der Waals surface area contributed by atoms with E-state index in [1.54, 1.807) is 6.92 Å². The van der Waals surface area contributed by atoms with Crippen LogP contribution in [-0.4, -0.2) is 49.2 Å². The van der Waals surface area contributed by atoms with Crippen molar-refractivity contribution in [3.63, 3.8) is 0 Å². The van der Waals surface area contributed by atoms with Crippen LogP contribution in [0.15, 0.2) is 46.4 Å². The zero-order chi connectivity index (χ0) is 19.2. The summed E-state index contributed by atoms with van der Waals surface area (Å²) in [6, 6.07) is 0. The van der Waals surface area contributed by atoms with E-state index < -0.39 is 29.1 Å². The molecule has 5 atom stereocenters. The molecule has 0 bridgehead atoms. The minimum atomic E-state index is -1.65. The zero-order valence-corrected chi connectivity index (χ0v) is 15.3. The van der Waals surface area contributed by atoms with Crippen molar-refractivity contribution in [3.8, 4) is 0 Å². The maximum Gasteiger partial charge on any atom is 0.258 e. The largest absolute Gasteiger partial charge is 0.509 e. The molecule has 26 heavy (non-hydrogen) atoms. The van der Waals surface area contributed by atoms with E-state index >= 15 is 0 Å². The fourth-order valence-electron chi connectivity index (χ4n) is 5.40. The molecule has 1 fully saturated rings. The van der Waals surface area contributed by atoms with Gasteiger partial charge in [0.1, 0.15) is 16.9 Å². The molecule has 0 radical (unpaired) electrons. The summed E-state index contributed by atoms with van der Waals surface area (Å²) in [5, 5.41) is 33.2. The number of fused-ring (bicyclic) bond motifs is 2. The van der Waals surface area contributed by atoms with Crippen molar-refractivity contribution in [2.45, 2.75) is 51.4 Å². The van der Waals surface area contributed by atoms with Crippen LogP contribution < -0.4 is 0 Å². The van der Waals surface area contributed by atoms with Crippen molar-refractivity contribution in [1.82, 2.24) is 4.90 Å². The van der Waals surface area contributed by atoms with Gasteiger partial charge in [-0.1, -0.05) is 25.5 Å². The molecule has 0 aromatic heterocycles. The molecule has 2 aliphatic heterocycles. The first-order valence-electron chi connectivity index (χ1n) is 8.94. The monoisotopic (exact) mass is 357 g/mol. The van der Waals surface area contributed by atoms with Gasteiger partial charge in [-0.05, 0) is 32.3 Å². The molecule has 0 aromatic rings. The molecular formula is C20H23NO5. The summed E-state index contributed by atoms with van der Waals surface area (Å²) >= 11 is 0. The van der Waals surface area contributed by atoms with E-state index in [-0.39, 0.29) is 34.3 Å². The van der Waals surface area contributed by atoms with Gasteiger partial charge >= 0.3 is 0 Å². The molecule has 0 saturated heterocycles. The molecule has 3 N–H and O–H groups in total. The van der Waals surface area contributed by atoms with Crippen LogP contribution in [-0.2, 0) is 9.59 Å². The number of rotatable bonds is 1. The fourth-order valence-corrected chi connectivity index (χ4v) is 5.40. The summed E-state index contributed by atoms with van der Waals surface area (Å²) in [5.41, 5.74) is -1.41. The summed E-state index contributed by atoms with van der Waals surface area (Å²) in [7, 11) is 0. The van der Waals surface area contributed by atoms with Gasteiger partial charge in [-0.25, -0.2) is 0 Å². The number of hydrogen-bond donors (Lipinski definition) is 3. The van der Waals surface area contributed by atoms with Crippen LogP contribution in [0, 0.1) is 11.8 Å². The van der Waals surface area contributed by atoms with Crippen molar-refractivity contribution in [1.29, 1.82) is 0 Å². The van der Waals surface area contributed by atoms with Gasteiger partial charge in [0.2, 0.25) is 0 Å².